The monoisotopic (exact) mass is 411 g/mol. The van der Waals surface area contributed by atoms with Gasteiger partial charge < -0.3 is 13.9 Å². The average Bonchev–Trinajstić information content (AvgIpc) is 3.43. The minimum absolute atomic E-state index is 0.0545. The zero-order valence-corrected chi connectivity index (χ0v) is 17.1. The van der Waals surface area contributed by atoms with Gasteiger partial charge in [0.25, 0.3) is 0 Å². The number of ketones is 1. The molecule has 5 nitrogen and oxygen atoms in total. The zero-order valence-electron chi connectivity index (χ0n) is 16.4. The first kappa shape index (κ1) is 19.5. The van der Waals surface area contributed by atoms with Gasteiger partial charge in [-0.1, -0.05) is 29.8 Å². The van der Waals surface area contributed by atoms with Crippen molar-refractivity contribution < 1.29 is 18.7 Å². The minimum atomic E-state index is -0.579. The van der Waals surface area contributed by atoms with E-state index >= 15 is 0 Å². The van der Waals surface area contributed by atoms with Gasteiger partial charge in [0.15, 0.2) is 11.5 Å². The Bertz CT molecular complexity index is 1030. The standard InChI is InChI=1S/C23H22ClNO4/c1-14(26)22(17-5-3-4-6-18(17)24)19-13-29-23(25-19)16-9-10-20(27-2)21(11-16)28-12-15-7-8-15/h3-6,9-11,13,15,22H,7-8,12H2,1-2H3. The van der Waals surface area contributed by atoms with E-state index in [4.69, 9.17) is 25.5 Å². The van der Waals surface area contributed by atoms with Crippen molar-refractivity contribution in [3.63, 3.8) is 0 Å². The van der Waals surface area contributed by atoms with Gasteiger partial charge in [0.1, 0.15) is 12.0 Å². The van der Waals surface area contributed by atoms with E-state index in [1.165, 1.54) is 26.0 Å². The summed E-state index contributed by atoms with van der Waals surface area (Å²) in [4.78, 5) is 16.9. The molecule has 0 saturated heterocycles. The lowest BCUT2D eigenvalue weighted by molar-refractivity contribution is -0.117. The first-order valence-corrected chi connectivity index (χ1v) is 9.96. The lowest BCUT2D eigenvalue weighted by Crippen LogP contribution is -2.11. The Balaban J connectivity index is 1.64. The first-order valence-electron chi connectivity index (χ1n) is 9.58. The summed E-state index contributed by atoms with van der Waals surface area (Å²) in [5.41, 5.74) is 1.99. The highest BCUT2D eigenvalue weighted by atomic mass is 35.5. The molecule has 0 amide bonds. The molecular weight excluding hydrogens is 390 g/mol. The van der Waals surface area contributed by atoms with Gasteiger partial charge in [-0.2, -0.15) is 0 Å². The number of hydrogen-bond acceptors (Lipinski definition) is 5. The van der Waals surface area contributed by atoms with Gasteiger partial charge in [-0.25, -0.2) is 4.98 Å². The molecule has 1 saturated carbocycles. The van der Waals surface area contributed by atoms with Crippen LogP contribution >= 0.6 is 11.6 Å². The van der Waals surface area contributed by atoms with Crippen LogP contribution < -0.4 is 9.47 Å². The Morgan fingerprint density at radius 2 is 2.03 bits per heavy atom. The minimum Gasteiger partial charge on any atom is -0.493 e. The second-order valence-electron chi connectivity index (χ2n) is 7.26. The van der Waals surface area contributed by atoms with Crippen molar-refractivity contribution in [2.75, 3.05) is 13.7 Å². The molecule has 1 aromatic heterocycles. The van der Waals surface area contributed by atoms with Gasteiger partial charge in [0.2, 0.25) is 5.89 Å². The summed E-state index contributed by atoms with van der Waals surface area (Å²) in [5.74, 6) is 1.73. The molecule has 29 heavy (non-hydrogen) atoms. The molecule has 0 aliphatic heterocycles. The van der Waals surface area contributed by atoms with Crippen molar-refractivity contribution in [3.8, 4) is 23.0 Å². The fourth-order valence-electron chi connectivity index (χ4n) is 3.26. The van der Waals surface area contributed by atoms with E-state index < -0.39 is 5.92 Å². The molecule has 1 atom stereocenters. The Hall–Kier alpha value is -2.79. The number of hydrogen-bond donors (Lipinski definition) is 0. The quantitative estimate of drug-likeness (QED) is 0.488. The zero-order chi connectivity index (χ0) is 20.4. The number of carbonyl (C=O) groups excluding carboxylic acids is 1. The Labute approximate surface area is 174 Å². The van der Waals surface area contributed by atoms with Crippen LogP contribution in [-0.2, 0) is 4.79 Å². The maximum atomic E-state index is 12.4. The highest BCUT2D eigenvalue weighted by Crippen LogP contribution is 2.37. The number of nitrogens with zero attached hydrogens (tertiary/aromatic N) is 1. The van der Waals surface area contributed by atoms with Crippen LogP contribution in [0, 0.1) is 5.92 Å². The normalized spacial score (nSPS) is 14.4. The first-order chi connectivity index (χ1) is 14.1. The van der Waals surface area contributed by atoms with Crippen LogP contribution in [0.5, 0.6) is 11.5 Å². The van der Waals surface area contributed by atoms with Gasteiger partial charge in [-0.05, 0) is 55.5 Å². The second-order valence-corrected chi connectivity index (χ2v) is 7.67. The summed E-state index contributed by atoms with van der Waals surface area (Å²) in [6.07, 6.45) is 3.93. The molecule has 1 heterocycles. The van der Waals surface area contributed by atoms with E-state index in [1.54, 1.807) is 13.2 Å². The summed E-state index contributed by atoms with van der Waals surface area (Å²) in [6, 6.07) is 12.8. The van der Waals surface area contributed by atoms with Crippen LogP contribution in [0.15, 0.2) is 53.1 Å². The third-order valence-corrected chi connectivity index (χ3v) is 5.37. The summed E-state index contributed by atoms with van der Waals surface area (Å²) in [6.45, 7) is 2.20. The van der Waals surface area contributed by atoms with Gasteiger partial charge in [-0.15, -0.1) is 0 Å². The van der Waals surface area contributed by atoms with Crippen LogP contribution in [0.3, 0.4) is 0 Å². The topological polar surface area (TPSA) is 61.6 Å². The molecule has 0 spiro atoms. The lowest BCUT2D eigenvalue weighted by Gasteiger charge is -2.13. The maximum Gasteiger partial charge on any atom is 0.226 e. The SMILES string of the molecule is COc1ccc(-c2nc(C(C(C)=O)c3ccccc3Cl)co2)cc1OCC1CC1. The van der Waals surface area contributed by atoms with Crippen LogP contribution in [0.2, 0.25) is 5.02 Å². The van der Waals surface area contributed by atoms with Crippen molar-refractivity contribution in [1.82, 2.24) is 4.98 Å². The summed E-state index contributed by atoms with van der Waals surface area (Å²) < 4.78 is 17.0. The number of halogens is 1. The van der Waals surface area contributed by atoms with Gasteiger partial charge in [0.05, 0.1) is 25.3 Å². The fourth-order valence-corrected chi connectivity index (χ4v) is 3.51. The Morgan fingerprint density at radius 3 is 2.72 bits per heavy atom. The van der Waals surface area contributed by atoms with Crippen molar-refractivity contribution in [2.45, 2.75) is 25.7 Å². The van der Waals surface area contributed by atoms with Crippen LogP contribution in [0.25, 0.3) is 11.5 Å². The Kier molecular flexibility index (Phi) is 5.58. The number of aromatic nitrogens is 1. The molecule has 150 valence electrons. The van der Waals surface area contributed by atoms with Crippen molar-refractivity contribution in [1.29, 1.82) is 0 Å². The molecule has 3 aromatic rings. The number of carbonyl (C=O) groups is 1. The Morgan fingerprint density at radius 1 is 1.24 bits per heavy atom. The largest absolute Gasteiger partial charge is 0.493 e. The van der Waals surface area contributed by atoms with E-state index in [1.807, 2.05) is 36.4 Å². The molecule has 1 aliphatic carbocycles. The van der Waals surface area contributed by atoms with E-state index in [0.29, 0.717) is 46.2 Å². The number of ether oxygens (including phenoxy) is 2. The number of Topliss-reactive ketones (excluding diaryl/α,β-unsaturated/α-hetero) is 1. The summed E-state index contributed by atoms with van der Waals surface area (Å²) in [7, 11) is 1.61. The van der Waals surface area contributed by atoms with Gasteiger partial charge in [0, 0.05) is 10.6 Å². The number of benzene rings is 2. The van der Waals surface area contributed by atoms with Gasteiger partial charge >= 0.3 is 0 Å². The number of oxazole rings is 1. The van der Waals surface area contributed by atoms with Gasteiger partial charge in [-0.3, -0.25) is 4.79 Å². The lowest BCUT2D eigenvalue weighted by atomic mass is 9.93. The van der Waals surface area contributed by atoms with Crippen molar-refractivity contribution in [2.24, 2.45) is 5.92 Å². The third-order valence-electron chi connectivity index (χ3n) is 5.02. The molecule has 2 aromatic carbocycles. The van der Waals surface area contributed by atoms with E-state index in [2.05, 4.69) is 4.98 Å². The summed E-state index contributed by atoms with van der Waals surface area (Å²) >= 11 is 6.32. The molecule has 0 bridgehead atoms. The summed E-state index contributed by atoms with van der Waals surface area (Å²) in [5, 5.41) is 0.525. The molecule has 1 fully saturated rings. The van der Waals surface area contributed by atoms with Crippen LogP contribution in [0.4, 0.5) is 0 Å². The molecule has 0 N–H and O–H groups in total. The maximum absolute atomic E-state index is 12.4. The third kappa shape index (κ3) is 4.30. The predicted molar refractivity (Wildman–Crippen MR) is 111 cm³/mol. The van der Waals surface area contributed by atoms with E-state index in [9.17, 15) is 4.79 Å². The number of rotatable bonds is 8. The molecule has 0 radical (unpaired) electrons. The van der Waals surface area contributed by atoms with E-state index in [0.717, 1.165) is 5.56 Å². The van der Waals surface area contributed by atoms with Crippen LogP contribution in [0.1, 0.15) is 36.9 Å². The van der Waals surface area contributed by atoms with Crippen molar-refractivity contribution in [3.05, 3.63) is 65.0 Å². The van der Waals surface area contributed by atoms with Crippen LogP contribution in [-0.4, -0.2) is 24.5 Å². The number of methoxy groups -OCH3 is 1. The molecule has 1 aliphatic rings. The van der Waals surface area contributed by atoms with E-state index in [-0.39, 0.29) is 5.78 Å². The predicted octanol–water partition coefficient (Wildman–Crippen LogP) is 5.51. The van der Waals surface area contributed by atoms with Crippen molar-refractivity contribution >= 4 is 17.4 Å². The highest BCUT2D eigenvalue weighted by Gasteiger charge is 2.26. The highest BCUT2D eigenvalue weighted by molar-refractivity contribution is 6.31. The molecule has 6 heteroatoms. The second kappa shape index (κ2) is 8.29. The molecular formula is C23H22ClNO4. The average molecular weight is 412 g/mol. The molecule has 1 unspecified atom stereocenters. The smallest absolute Gasteiger partial charge is 0.226 e. The molecule has 4 rings (SSSR count). The fraction of sp³-hybridized carbons (Fsp3) is 0.304.